The van der Waals surface area contributed by atoms with Gasteiger partial charge in [0.1, 0.15) is 0 Å². The Kier molecular flexibility index (Phi) is 4.39. The average molecular weight is 357 g/mol. The second-order valence-electron chi connectivity index (χ2n) is 4.92. The standard InChI is InChI=1S/C14H17BrN2S2/c15-10-5-6-18-13(10)8-11(17-16)14-7-9-3-1-2-4-12(9)19-14/h5-7,11,17H,1-4,8,16H2. The van der Waals surface area contributed by atoms with Crippen LogP contribution in [0.5, 0.6) is 0 Å². The first-order chi connectivity index (χ1) is 9.28. The molecule has 0 amide bonds. The molecule has 1 aliphatic carbocycles. The number of aryl methyl sites for hydroxylation is 2. The lowest BCUT2D eigenvalue weighted by atomic mass is 9.98. The van der Waals surface area contributed by atoms with Gasteiger partial charge in [0.15, 0.2) is 0 Å². The summed E-state index contributed by atoms with van der Waals surface area (Å²) in [4.78, 5) is 4.32. The van der Waals surface area contributed by atoms with Gasteiger partial charge in [-0.05, 0) is 64.7 Å². The molecule has 1 aliphatic rings. The van der Waals surface area contributed by atoms with Gasteiger partial charge in [0.2, 0.25) is 0 Å². The fourth-order valence-corrected chi connectivity index (χ4v) is 5.46. The van der Waals surface area contributed by atoms with Gasteiger partial charge in [-0.3, -0.25) is 11.3 Å². The Morgan fingerprint density at radius 1 is 1.37 bits per heavy atom. The van der Waals surface area contributed by atoms with Crippen LogP contribution in [0.1, 0.15) is 39.1 Å². The van der Waals surface area contributed by atoms with Crippen molar-refractivity contribution in [3.63, 3.8) is 0 Å². The smallest absolute Gasteiger partial charge is 0.0602 e. The van der Waals surface area contributed by atoms with E-state index in [9.17, 15) is 0 Å². The third kappa shape index (κ3) is 2.95. The molecule has 3 N–H and O–H groups in total. The molecule has 0 saturated heterocycles. The van der Waals surface area contributed by atoms with Gasteiger partial charge < -0.3 is 0 Å². The molecule has 0 saturated carbocycles. The molecule has 3 rings (SSSR count). The summed E-state index contributed by atoms with van der Waals surface area (Å²) < 4.78 is 1.19. The van der Waals surface area contributed by atoms with Gasteiger partial charge in [0, 0.05) is 25.5 Å². The molecular weight excluding hydrogens is 340 g/mol. The van der Waals surface area contributed by atoms with Crippen LogP contribution in [0.3, 0.4) is 0 Å². The van der Waals surface area contributed by atoms with Crippen LogP contribution in [0, 0.1) is 0 Å². The van der Waals surface area contributed by atoms with Gasteiger partial charge in [-0.2, -0.15) is 0 Å². The largest absolute Gasteiger partial charge is 0.271 e. The summed E-state index contributed by atoms with van der Waals surface area (Å²) in [6.45, 7) is 0. The number of nitrogens with one attached hydrogen (secondary N) is 1. The van der Waals surface area contributed by atoms with Crippen molar-refractivity contribution in [2.75, 3.05) is 0 Å². The van der Waals surface area contributed by atoms with Crippen LogP contribution < -0.4 is 11.3 Å². The molecule has 0 aliphatic heterocycles. The highest BCUT2D eigenvalue weighted by atomic mass is 79.9. The first-order valence-corrected chi connectivity index (χ1v) is 9.06. The van der Waals surface area contributed by atoms with Crippen molar-refractivity contribution in [2.45, 2.75) is 38.1 Å². The van der Waals surface area contributed by atoms with Gasteiger partial charge in [-0.1, -0.05) is 0 Å². The third-order valence-corrected chi connectivity index (χ3v) is 6.94. The SMILES string of the molecule is NNC(Cc1sccc1Br)c1cc2c(s1)CCCC2. The van der Waals surface area contributed by atoms with E-state index < -0.39 is 0 Å². The van der Waals surface area contributed by atoms with Crippen LogP contribution in [0.2, 0.25) is 0 Å². The summed E-state index contributed by atoms with van der Waals surface area (Å²) in [5.41, 5.74) is 4.54. The monoisotopic (exact) mass is 356 g/mol. The van der Waals surface area contributed by atoms with Crippen LogP contribution in [0.25, 0.3) is 0 Å². The van der Waals surface area contributed by atoms with E-state index in [-0.39, 0.29) is 6.04 Å². The van der Waals surface area contributed by atoms with Crippen molar-refractivity contribution >= 4 is 38.6 Å². The maximum absolute atomic E-state index is 5.78. The Labute approximate surface area is 130 Å². The van der Waals surface area contributed by atoms with E-state index in [1.165, 1.54) is 39.9 Å². The lowest BCUT2D eigenvalue weighted by molar-refractivity contribution is 0.563. The summed E-state index contributed by atoms with van der Waals surface area (Å²) in [5, 5.41) is 2.12. The molecule has 0 spiro atoms. The summed E-state index contributed by atoms with van der Waals surface area (Å²) in [5.74, 6) is 5.78. The molecule has 0 radical (unpaired) electrons. The van der Waals surface area contributed by atoms with E-state index in [1.54, 1.807) is 21.8 Å². The zero-order chi connectivity index (χ0) is 13.2. The minimum Gasteiger partial charge on any atom is -0.271 e. The maximum atomic E-state index is 5.78. The van der Waals surface area contributed by atoms with Gasteiger partial charge in [0.05, 0.1) is 6.04 Å². The van der Waals surface area contributed by atoms with Gasteiger partial charge in [0.25, 0.3) is 0 Å². The van der Waals surface area contributed by atoms with Gasteiger partial charge in [-0.15, -0.1) is 22.7 Å². The Balaban J connectivity index is 1.82. The molecule has 0 bridgehead atoms. The number of hydrazine groups is 1. The third-order valence-electron chi connectivity index (χ3n) is 3.64. The highest BCUT2D eigenvalue weighted by Gasteiger charge is 2.19. The van der Waals surface area contributed by atoms with Crippen LogP contribution in [0.4, 0.5) is 0 Å². The van der Waals surface area contributed by atoms with Crippen molar-refractivity contribution < 1.29 is 0 Å². The summed E-state index contributed by atoms with van der Waals surface area (Å²) in [7, 11) is 0. The molecule has 1 unspecified atom stereocenters. The average Bonchev–Trinajstić information content (AvgIpc) is 3.02. The van der Waals surface area contributed by atoms with E-state index in [0.717, 1.165) is 6.42 Å². The highest BCUT2D eigenvalue weighted by Crippen LogP contribution is 2.35. The highest BCUT2D eigenvalue weighted by molar-refractivity contribution is 9.10. The fraction of sp³-hybridized carbons (Fsp3) is 0.429. The summed E-state index contributed by atoms with van der Waals surface area (Å²) in [6, 6.07) is 4.70. The van der Waals surface area contributed by atoms with Crippen LogP contribution in [0.15, 0.2) is 22.0 Å². The van der Waals surface area contributed by atoms with Crippen molar-refractivity contribution in [1.29, 1.82) is 0 Å². The second kappa shape index (κ2) is 6.06. The number of hydrogen-bond acceptors (Lipinski definition) is 4. The number of rotatable bonds is 4. The van der Waals surface area contributed by atoms with Crippen molar-refractivity contribution in [3.8, 4) is 0 Å². The molecule has 1 atom stereocenters. The first kappa shape index (κ1) is 13.8. The maximum Gasteiger partial charge on any atom is 0.0602 e. The minimum absolute atomic E-state index is 0.227. The Morgan fingerprint density at radius 3 is 2.89 bits per heavy atom. The zero-order valence-electron chi connectivity index (χ0n) is 10.6. The van der Waals surface area contributed by atoms with E-state index in [4.69, 9.17) is 5.84 Å². The van der Waals surface area contributed by atoms with E-state index in [2.05, 4.69) is 38.9 Å². The zero-order valence-corrected chi connectivity index (χ0v) is 13.8. The Morgan fingerprint density at radius 2 is 2.21 bits per heavy atom. The number of nitrogens with two attached hydrogens (primary N) is 1. The molecular formula is C14H17BrN2S2. The molecule has 2 aromatic rings. The van der Waals surface area contributed by atoms with Crippen molar-refractivity contribution in [3.05, 3.63) is 42.2 Å². The summed E-state index contributed by atoms with van der Waals surface area (Å²) >= 11 is 7.33. The Hall–Kier alpha value is -0.200. The molecule has 2 heterocycles. The molecule has 19 heavy (non-hydrogen) atoms. The molecule has 0 fully saturated rings. The topological polar surface area (TPSA) is 38.0 Å². The molecule has 102 valence electrons. The van der Waals surface area contributed by atoms with E-state index in [0.29, 0.717) is 0 Å². The molecule has 0 aromatic carbocycles. The number of hydrogen-bond donors (Lipinski definition) is 2. The van der Waals surface area contributed by atoms with Gasteiger partial charge in [-0.25, -0.2) is 0 Å². The molecule has 2 nitrogen and oxygen atoms in total. The number of thiophene rings is 2. The quantitative estimate of drug-likeness (QED) is 0.636. The normalized spacial score (nSPS) is 16.3. The van der Waals surface area contributed by atoms with Crippen LogP contribution >= 0.6 is 38.6 Å². The lowest BCUT2D eigenvalue weighted by Gasteiger charge is -2.13. The van der Waals surface area contributed by atoms with E-state index in [1.807, 2.05) is 11.3 Å². The van der Waals surface area contributed by atoms with Gasteiger partial charge >= 0.3 is 0 Å². The Bertz CT molecular complexity index is 538. The molecule has 5 heteroatoms. The minimum atomic E-state index is 0.227. The number of fused-ring (bicyclic) bond motifs is 1. The fourth-order valence-electron chi connectivity index (χ4n) is 2.58. The predicted molar refractivity (Wildman–Crippen MR) is 86.7 cm³/mol. The number of halogens is 1. The second-order valence-corrected chi connectivity index (χ2v) is 7.94. The van der Waals surface area contributed by atoms with Crippen LogP contribution in [-0.2, 0) is 19.3 Å². The predicted octanol–water partition coefficient (Wildman–Crippen LogP) is 4.20. The van der Waals surface area contributed by atoms with Crippen molar-refractivity contribution in [1.82, 2.24) is 5.43 Å². The van der Waals surface area contributed by atoms with E-state index >= 15 is 0 Å². The summed E-state index contributed by atoms with van der Waals surface area (Å²) in [6.07, 6.45) is 6.12. The lowest BCUT2D eigenvalue weighted by Crippen LogP contribution is -2.28. The van der Waals surface area contributed by atoms with Crippen LogP contribution in [-0.4, -0.2) is 0 Å². The molecule has 2 aromatic heterocycles. The van der Waals surface area contributed by atoms with Crippen molar-refractivity contribution in [2.24, 2.45) is 5.84 Å². The first-order valence-electron chi connectivity index (χ1n) is 6.57.